The highest BCUT2D eigenvalue weighted by atomic mass is 32.2. The Kier molecular flexibility index (Phi) is 5.57. The minimum absolute atomic E-state index is 0.315. The van der Waals surface area contributed by atoms with Gasteiger partial charge < -0.3 is 14.0 Å². The van der Waals surface area contributed by atoms with Gasteiger partial charge >= 0.3 is 11.2 Å². The Bertz CT molecular complexity index is 746. The summed E-state index contributed by atoms with van der Waals surface area (Å²) < 4.78 is 83.1. The first-order chi connectivity index (χ1) is 13.1. The zero-order chi connectivity index (χ0) is 21.9. The van der Waals surface area contributed by atoms with Gasteiger partial charge in [0, 0.05) is 6.42 Å². The summed E-state index contributed by atoms with van der Waals surface area (Å²) in [6.07, 6.45) is 0.199. The van der Waals surface area contributed by atoms with Gasteiger partial charge in [-0.2, -0.15) is 8.78 Å². The first-order valence-corrected chi connectivity index (χ1v) is 11.3. The molecule has 0 radical (unpaired) electrons. The second kappa shape index (κ2) is 7.09. The monoisotopic (exact) mass is 441 g/mol. The van der Waals surface area contributed by atoms with Gasteiger partial charge in [-0.3, -0.25) is 4.79 Å². The first kappa shape index (κ1) is 22.8. The second-order valence-corrected chi connectivity index (χ2v) is 11.5. The van der Waals surface area contributed by atoms with Crippen LogP contribution in [0.3, 0.4) is 0 Å². The van der Waals surface area contributed by atoms with Crippen molar-refractivity contribution in [3.8, 4) is 0 Å². The van der Waals surface area contributed by atoms with Gasteiger partial charge in [-0.25, -0.2) is 12.8 Å². The van der Waals surface area contributed by atoms with Gasteiger partial charge in [-0.1, -0.05) is 0 Å². The molecule has 4 bridgehead atoms. The minimum atomic E-state index is -6.13. The van der Waals surface area contributed by atoms with Crippen molar-refractivity contribution in [2.24, 2.45) is 17.3 Å². The lowest BCUT2D eigenvalue weighted by Crippen LogP contribution is -2.61. The molecule has 0 aromatic rings. The summed E-state index contributed by atoms with van der Waals surface area (Å²) in [7, 11) is -6.13. The third-order valence-electron chi connectivity index (χ3n) is 6.27. The molecule has 4 aliphatic rings. The third kappa shape index (κ3) is 4.44. The predicted octanol–water partition coefficient (Wildman–Crippen LogP) is 3.55. The van der Waals surface area contributed by atoms with Crippen molar-refractivity contribution >= 4 is 16.1 Å². The van der Waals surface area contributed by atoms with Gasteiger partial charge in [-0.15, -0.1) is 0 Å². The summed E-state index contributed by atoms with van der Waals surface area (Å²) in [6.45, 7) is 5.17. The summed E-state index contributed by atoms with van der Waals surface area (Å²) in [4.78, 5) is 12.9. The quantitative estimate of drug-likeness (QED) is 0.443. The van der Waals surface area contributed by atoms with Crippen molar-refractivity contribution in [3.63, 3.8) is 0 Å². The van der Waals surface area contributed by atoms with E-state index in [1.165, 1.54) is 0 Å². The van der Waals surface area contributed by atoms with Gasteiger partial charge in [0.1, 0.15) is 0 Å². The largest absolute Gasteiger partial charge is 0.743 e. The molecule has 168 valence electrons. The van der Waals surface area contributed by atoms with Gasteiger partial charge in [0.25, 0.3) is 0 Å². The molecular weight excluding hydrogens is 413 g/mol. The van der Waals surface area contributed by atoms with Gasteiger partial charge in [0.05, 0.1) is 23.2 Å². The third-order valence-corrected chi connectivity index (χ3v) is 7.19. The van der Waals surface area contributed by atoms with E-state index in [2.05, 4.69) is 0 Å². The van der Waals surface area contributed by atoms with E-state index in [1.807, 2.05) is 20.8 Å². The molecule has 0 spiro atoms. The summed E-state index contributed by atoms with van der Waals surface area (Å²) in [6, 6.07) is 0. The van der Waals surface area contributed by atoms with Crippen molar-refractivity contribution in [1.29, 1.82) is 0 Å². The highest BCUT2D eigenvalue weighted by molar-refractivity contribution is 7.86. The molecular formula is C19H28F3O6S-. The first-order valence-electron chi connectivity index (χ1n) is 9.92. The lowest BCUT2D eigenvalue weighted by molar-refractivity contribution is -0.237. The number of carbonyl (C=O) groups excluding carboxylic acids is 1. The molecule has 0 heterocycles. The molecule has 6 nitrogen and oxygen atoms in total. The van der Waals surface area contributed by atoms with E-state index in [9.17, 15) is 30.9 Å². The van der Waals surface area contributed by atoms with E-state index in [-0.39, 0.29) is 5.60 Å². The number of rotatable bonds is 7. The Morgan fingerprint density at radius 3 is 2.21 bits per heavy atom. The van der Waals surface area contributed by atoms with Crippen LogP contribution >= 0.6 is 0 Å². The van der Waals surface area contributed by atoms with E-state index in [0.29, 0.717) is 31.1 Å². The van der Waals surface area contributed by atoms with Crippen molar-refractivity contribution < 1.29 is 40.4 Å². The Morgan fingerprint density at radius 1 is 1.17 bits per heavy atom. The number of esters is 1. The molecule has 0 N–H and O–H groups in total. The normalized spacial score (nSPS) is 35.6. The van der Waals surface area contributed by atoms with E-state index >= 15 is 0 Å². The molecule has 0 aliphatic heterocycles. The number of hydrogen-bond acceptors (Lipinski definition) is 6. The smallest absolute Gasteiger partial charge is 0.364 e. The highest BCUT2D eigenvalue weighted by Gasteiger charge is 2.62. The summed E-state index contributed by atoms with van der Waals surface area (Å²) in [5.41, 5.74) is -1.59. The van der Waals surface area contributed by atoms with Crippen molar-refractivity contribution in [3.05, 3.63) is 0 Å². The summed E-state index contributed by atoms with van der Waals surface area (Å²) in [5.74, 6) is 0.0546. The molecule has 10 heteroatoms. The maximum atomic E-state index is 13.6. The van der Waals surface area contributed by atoms with Crippen LogP contribution in [0, 0.1) is 17.3 Å². The topological polar surface area (TPSA) is 92.7 Å². The molecule has 3 atom stereocenters. The number of alkyl halides is 3. The molecule has 4 saturated carbocycles. The van der Waals surface area contributed by atoms with Crippen molar-refractivity contribution in [2.45, 2.75) is 88.3 Å². The number of halogens is 3. The molecule has 3 unspecified atom stereocenters. The van der Waals surface area contributed by atoms with Crippen LogP contribution in [-0.2, 0) is 24.4 Å². The Labute approximate surface area is 169 Å². The van der Waals surface area contributed by atoms with Crippen LogP contribution in [0.2, 0.25) is 0 Å². The van der Waals surface area contributed by atoms with Gasteiger partial charge in [0.15, 0.2) is 16.3 Å². The average molecular weight is 441 g/mol. The van der Waals surface area contributed by atoms with E-state index in [1.54, 1.807) is 0 Å². The van der Waals surface area contributed by atoms with Crippen LogP contribution in [-0.4, -0.2) is 48.2 Å². The van der Waals surface area contributed by atoms with Crippen LogP contribution in [0.25, 0.3) is 0 Å². The van der Waals surface area contributed by atoms with Crippen LogP contribution < -0.4 is 0 Å². The molecule has 4 aliphatic carbocycles. The van der Waals surface area contributed by atoms with E-state index < -0.39 is 51.6 Å². The summed E-state index contributed by atoms with van der Waals surface area (Å²) >= 11 is 0. The average Bonchev–Trinajstić information content (AvgIpc) is 2.49. The zero-order valence-corrected chi connectivity index (χ0v) is 17.7. The van der Waals surface area contributed by atoms with Crippen molar-refractivity contribution in [2.75, 3.05) is 6.61 Å². The Morgan fingerprint density at radius 2 is 1.72 bits per heavy atom. The maximum Gasteiger partial charge on any atom is 0.364 e. The number of carbonyl (C=O) groups is 1. The van der Waals surface area contributed by atoms with Gasteiger partial charge in [0.2, 0.25) is 0 Å². The molecule has 29 heavy (non-hydrogen) atoms. The van der Waals surface area contributed by atoms with Crippen LogP contribution in [0.5, 0.6) is 0 Å². The van der Waals surface area contributed by atoms with E-state index in [0.717, 1.165) is 19.3 Å². The standard InChI is InChI=1S/C19H29F3O6S/c1-16(2,3)28-18-9-12-6-13(10-18)8-17(7-12,11-18)15(23)27-5-4-14(20)19(21,22)29(24,25)26/h12-14H,4-11H2,1-3H3,(H,24,25,26)/p-1. The van der Waals surface area contributed by atoms with Crippen LogP contribution in [0.15, 0.2) is 0 Å². The van der Waals surface area contributed by atoms with Crippen LogP contribution in [0.1, 0.15) is 65.7 Å². The lowest BCUT2D eigenvalue weighted by atomic mass is 9.47. The SMILES string of the molecule is CC(C)(C)OC12CC3CC(C1)CC(C(=O)OCCC(F)C(F)(F)S(=O)(=O)[O-])(C3)C2. The highest BCUT2D eigenvalue weighted by Crippen LogP contribution is 2.63. The van der Waals surface area contributed by atoms with Crippen molar-refractivity contribution in [1.82, 2.24) is 0 Å². The lowest BCUT2D eigenvalue weighted by Gasteiger charge is -2.61. The molecule has 0 amide bonds. The maximum absolute atomic E-state index is 13.6. The Hall–Kier alpha value is -0.870. The molecule has 4 rings (SSSR count). The molecule has 4 fully saturated rings. The molecule has 0 saturated heterocycles. The summed E-state index contributed by atoms with van der Waals surface area (Å²) in [5, 5.41) is -5.05. The van der Waals surface area contributed by atoms with E-state index in [4.69, 9.17) is 9.47 Å². The number of hydrogen-bond donors (Lipinski definition) is 0. The van der Waals surface area contributed by atoms with Gasteiger partial charge in [-0.05, 0) is 71.1 Å². The fourth-order valence-electron chi connectivity index (χ4n) is 5.92. The second-order valence-electron chi connectivity index (χ2n) is 10.0. The van der Waals surface area contributed by atoms with Crippen LogP contribution in [0.4, 0.5) is 13.2 Å². The minimum Gasteiger partial charge on any atom is -0.743 e. The molecule has 0 aromatic heterocycles. The fraction of sp³-hybridized carbons (Fsp3) is 0.947. The molecule has 0 aromatic carbocycles. The fourth-order valence-corrected chi connectivity index (χ4v) is 6.35. The predicted molar refractivity (Wildman–Crippen MR) is 95.8 cm³/mol. The number of ether oxygens (including phenoxy) is 2. The Balaban J connectivity index is 1.65. The zero-order valence-electron chi connectivity index (χ0n) is 16.9.